The third kappa shape index (κ3) is 3.37. The van der Waals surface area contributed by atoms with Crippen LogP contribution in [0.1, 0.15) is 26.7 Å². The van der Waals surface area contributed by atoms with Gasteiger partial charge in [-0.3, -0.25) is 4.79 Å². The van der Waals surface area contributed by atoms with Crippen molar-refractivity contribution >= 4 is 18.3 Å². The quantitative estimate of drug-likeness (QED) is 0.833. The van der Waals surface area contributed by atoms with Gasteiger partial charge in [0, 0.05) is 45.3 Å². The Labute approximate surface area is 116 Å². The average molecular weight is 276 g/mol. The largest absolute Gasteiger partial charge is 0.342 e. The summed E-state index contributed by atoms with van der Waals surface area (Å²) in [6.45, 7) is 8.48. The van der Waals surface area contributed by atoms with Gasteiger partial charge in [0.15, 0.2) is 0 Å². The second-order valence-corrected chi connectivity index (χ2v) is 5.67. The summed E-state index contributed by atoms with van der Waals surface area (Å²) >= 11 is 0. The Bertz CT molecular complexity index is 273. The number of halogens is 1. The van der Waals surface area contributed by atoms with E-state index in [0.717, 1.165) is 39.0 Å². The van der Waals surface area contributed by atoms with Crippen molar-refractivity contribution in [3.63, 3.8) is 0 Å². The third-order valence-electron chi connectivity index (χ3n) is 4.26. The molecule has 5 heteroatoms. The van der Waals surface area contributed by atoms with Gasteiger partial charge in [-0.1, -0.05) is 0 Å². The predicted molar refractivity (Wildman–Crippen MR) is 76.1 cm³/mol. The normalized spacial score (nSPS) is 22.4. The highest BCUT2D eigenvalue weighted by Crippen LogP contribution is 2.19. The van der Waals surface area contributed by atoms with Crippen molar-refractivity contribution in [1.29, 1.82) is 0 Å². The van der Waals surface area contributed by atoms with Crippen LogP contribution in [0, 0.1) is 5.92 Å². The first-order chi connectivity index (χ1) is 8.09. The molecule has 0 unspecified atom stereocenters. The maximum Gasteiger partial charge on any atom is 0.228 e. The molecule has 2 aliphatic rings. The van der Waals surface area contributed by atoms with Crippen molar-refractivity contribution in [2.75, 3.05) is 33.2 Å². The van der Waals surface area contributed by atoms with Crippen molar-refractivity contribution in [1.82, 2.24) is 15.1 Å². The summed E-state index contributed by atoms with van der Waals surface area (Å²) in [5.41, 5.74) is 0. The molecule has 0 saturated carbocycles. The first-order valence-corrected chi connectivity index (χ1v) is 6.81. The number of piperidine rings is 1. The highest BCUT2D eigenvalue weighted by Gasteiger charge is 2.32. The van der Waals surface area contributed by atoms with Crippen LogP contribution in [-0.4, -0.2) is 61.0 Å². The minimum Gasteiger partial charge on any atom is -0.342 e. The number of amides is 1. The van der Waals surface area contributed by atoms with E-state index in [1.54, 1.807) is 0 Å². The Hall–Kier alpha value is -0.320. The zero-order valence-electron chi connectivity index (χ0n) is 11.7. The zero-order valence-corrected chi connectivity index (χ0v) is 12.5. The summed E-state index contributed by atoms with van der Waals surface area (Å²) in [6, 6.07) is 1.09. The number of nitrogens with one attached hydrogen (secondary N) is 1. The minimum atomic E-state index is 0. The molecule has 4 nitrogen and oxygen atoms in total. The molecule has 2 saturated heterocycles. The lowest BCUT2D eigenvalue weighted by Gasteiger charge is -2.40. The number of rotatable bonds is 3. The molecule has 0 radical (unpaired) electrons. The van der Waals surface area contributed by atoms with E-state index >= 15 is 0 Å². The Kier molecular flexibility index (Phi) is 5.89. The maximum atomic E-state index is 12.1. The topological polar surface area (TPSA) is 35.6 Å². The fraction of sp³-hybridized carbons (Fsp3) is 0.923. The van der Waals surface area contributed by atoms with Gasteiger partial charge in [0.1, 0.15) is 0 Å². The highest BCUT2D eigenvalue weighted by atomic mass is 35.5. The molecule has 2 aliphatic heterocycles. The molecule has 2 heterocycles. The van der Waals surface area contributed by atoms with Gasteiger partial charge in [0.25, 0.3) is 0 Å². The van der Waals surface area contributed by atoms with Crippen LogP contribution in [0.2, 0.25) is 0 Å². The van der Waals surface area contributed by atoms with E-state index in [1.165, 1.54) is 0 Å². The lowest BCUT2D eigenvalue weighted by atomic mass is 9.97. The van der Waals surface area contributed by atoms with Crippen LogP contribution in [0.15, 0.2) is 0 Å². The number of nitrogens with zero attached hydrogens (tertiary/aromatic N) is 2. The average Bonchev–Trinajstić information content (AvgIpc) is 2.25. The number of hydrogen-bond acceptors (Lipinski definition) is 3. The fourth-order valence-electron chi connectivity index (χ4n) is 2.72. The number of likely N-dealkylation sites (tertiary alicyclic amines) is 1. The van der Waals surface area contributed by atoms with Gasteiger partial charge in [-0.15, -0.1) is 12.4 Å². The Morgan fingerprint density at radius 1 is 1.28 bits per heavy atom. The van der Waals surface area contributed by atoms with Crippen LogP contribution in [0.3, 0.4) is 0 Å². The van der Waals surface area contributed by atoms with Gasteiger partial charge >= 0.3 is 0 Å². The van der Waals surface area contributed by atoms with Crippen molar-refractivity contribution in [2.45, 2.75) is 38.8 Å². The molecule has 0 aromatic heterocycles. The first-order valence-electron chi connectivity index (χ1n) is 6.81. The smallest absolute Gasteiger partial charge is 0.228 e. The molecule has 0 bridgehead atoms. The second-order valence-electron chi connectivity index (χ2n) is 5.67. The minimum absolute atomic E-state index is 0. The Morgan fingerprint density at radius 2 is 1.83 bits per heavy atom. The number of hydrogen-bond donors (Lipinski definition) is 1. The Morgan fingerprint density at radius 3 is 2.22 bits per heavy atom. The second kappa shape index (κ2) is 6.73. The van der Waals surface area contributed by atoms with Gasteiger partial charge < -0.3 is 15.1 Å². The van der Waals surface area contributed by atoms with Crippen molar-refractivity contribution in [3.8, 4) is 0 Å². The summed E-state index contributed by atoms with van der Waals surface area (Å²) in [4.78, 5) is 16.6. The molecular weight excluding hydrogens is 250 g/mol. The molecule has 1 N–H and O–H groups in total. The van der Waals surface area contributed by atoms with E-state index in [0.29, 0.717) is 18.0 Å². The first kappa shape index (κ1) is 15.7. The van der Waals surface area contributed by atoms with E-state index in [9.17, 15) is 4.79 Å². The third-order valence-corrected chi connectivity index (χ3v) is 4.26. The van der Waals surface area contributed by atoms with Gasteiger partial charge in [0.05, 0.1) is 5.92 Å². The van der Waals surface area contributed by atoms with Crippen LogP contribution in [-0.2, 0) is 4.79 Å². The fourth-order valence-corrected chi connectivity index (χ4v) is 2.72. The van der Waals surface area contributed by atoms with Crippen LogP contribution in [0.5, 0.6) is 0 Å². The lowest BCUT2D eigenvalue weighted by molar-refractivity contribution is -0.138. The summed E-state index contributed by atoms with van der Waals surface area (Å²) in [5.74, 6) is 0.579. The molecule has 18 heavy (non-hydrogen) atoms. The zero-order chi connectivity index (χ0) is 12.4. The van der Waals surface area contributed by atoms with Crippen LogP contribution >= 0.6 is 12.4 Å². The molecule has 0 aromatic carbocycles. The van der Waals surface area contributed by atoms with Gasteiger partial charge in [-0.05, 0) is 26.7 Å². The van der Waals surface area contributed by atoms with Crippen LogP contribution in [0.4, 0.5) is 0 Å². The molecule has 1 amide bonds. The summed E-state index contributed by atoms with van der Waals surface area (Å²) in [5, 5.41) is 3.17. The van der Waals surface area contributed by atoms with Crippen LogP contribution < -0.4 is 5.32 Å². The Balaban J connectivity index is 0.00000162. The standard InChI is InChI=1S/C13H25N3O.ClH/c1-10(2)16-6-4-12(5-7-16)15(3)13(17)11-8-14-9-11;/h10-12,14H,4-9H2,1-3H3;1H. The van der Waals surface area contributed by atoms with Crippen molar-refractivity contribution in [3.05, 3.63) is 0 Å². The van der Waals surface area contributed by atoms with Crippen molar-refractivity contribution < 1.29 is 4.79 Å². The number of carbonyl (C=O) groups is 1. The SMILES string of the molecule is CC(C)N1CCC(N(C)C(=O)C2CNC2)CC1.Cl. The van der Waals surface area contributed by atoms with Gasteiger partial charge in [-0.25, -0.2) is 0 Å². The summed E-state index contributed by atoms with van der Waals surface area (Å²) in [6.07, 6.45) is 2.25. The van der Waals surface area contributed by atoms with Gasteiger partial charge in [-0.2, -0.15) is 0 Å². The van der Waals surface area contributed by atoms with Gasteiger partial charge in [0.2, 0.25) is 5.91 Å². The van der Waals surface area contributed by atoms with Crippen molar-refractivity contribution in [2.24, 2.45) is 5.92 Å². The number of carbonyl (C=O) groups excluding carboxylic acids is 1. The molecular formula is C13H26ClN3O. The molecule has 0 aliphatic carbocycles. The van der Waals surface area contributed by atoms with E-state index in [-0.39, 0.29) is 18.3 Å². The van der Waals surface area contributed by atoms with E-state index in [1.807, 2.05) is 11.9 Å². The van der Waals surface area contributed by atoms with E-state index in [2.05, 4.69) is 24.1 Å². The van der Waals surface area contributed by atoms with E-state index < -0.39 is 0 Å². The van der Waals surface area contributed by atoms with E-state index in [4.69, 9.17) is 0 Å². The predicted octanol–water partition coefficient (Wildman–Crippen LogP) is 0.959. The lowest BCUT2D eigenvalue weighted by Crippen LogP contribution is -2.55. The monoisotopic (exact) mass is 275 g/mol. The molecule has 0 aromatic rings. The highest BCUT2D eigenvalue weighted by molar-refractivity contribution is 5.85. The van der Waals surface area contributed by atoms with Crippen LogP contribution in [0.25, 0.3) is 0 Å². The molecule has 0 spiro atoms. The molecule has 2 rings (SSSR count). The maximum absolute atomic E-state index is 12.1. The molecule has 2 fully saturated rings. The molecule has 0 atom stereocenters. The summed E-state index contributed by atoms with van der Waals surface area (Å²) < 4.78 is 0. The summed E-state index contributed by atoms with van der Waals surface area (Å²) in [7, 11) is 1.98. The molecule has 106 valence electrons.